The minimum absolute atomic E-state index is 0.199. The van der Waals surface area contributed by atoms with Gasteiger partial charge < -0.3 is 4.57 Å². The summed E-state index contributed by atoms with van der Waals surface area (Å²) in [6.07, 6.45) is 9.54. The molecule has 0 N–H and O–H groups in total. The summed E-state index contributed by atoms with van der Waals surface area (Å²) in [5, 5.41) is 2.54. The third-order valence-electron chi connectivity index (χ3n) is 13.9. The lowest BCUT2D eigenvalue weighted by molar-refractivity contribution is 0.433. The van der Waals surface area contributed by atoms with Crippen LogP contribution in [0, 0.1) is 5.92 Å². The first kappa shape index (κ1) is 31.3. The Bertz CT molecular complexity index is 3170. The molecule has 1 heteroatoms. The summed E-state index contributed by atoms with van der Waals surface area (Å²) in [4.78, 5) is 0. The molecule has 0 aliphatic heterocycles. The second-order valence-electron chi connectivity index (χ2n) is 16.3. The highest BCUT2D eigenvalue weighted by molar-refractivity contribution is 6.10. The molecule has 0 radical (unpaired) electrons. The number of fused-ring (bicyclic) bond motifs is 19. The van der Waals surface area contributed by atoms with Crippen molar-refractivity contribution in [3.63, 3.8) is 0 Å². The van der Waals surface area contributed by atoms with E-state index in [1.165, 1.54) is 94.3 Å². The van der Waals surface area contributed by atoms with E-state index in [1.807, 2.05) is 0 Å². The number of rotatable bonds is 2. The lowest BCUT2D eigenvalue weighted by Crippen LogP contribution is -2.46. The fourth-order valence-electron chi connectivity index (χ4n) is 12.0. The molecule has 1 nitrogen and oxygen atoms in total. The minimum atomic E-state index is -0.495. The summed E-state index contributed by atoms with van der Waals surface area (Å²) in [5.74, 6) is 0.463. The summed E-state index contributed by atoms with van der Waals surface area (Å²) in [5.41, 5.74) is 19.1. The third-order valence-corrected chi connectivity index (χ3v) is 13.9. The van der Waals surface area contributed by atoms with Crippen molar-refractivity contribution >= 4 is 21.8 Å². The van der Waals surface area contributed by atoms with E-state index in [4.69, 9.17) is 0 Å². The molecule has 3 atom stereocenters. The summed E-state index contributed by atoms with van der Waals surface area (Å²) < 4.78 is 2.45. The van der Waals surface area contributed by atoms with Crippen molar-refractivity contribution in [2.45, 2.75) is 16.7 Å². The molecule has 0 amide bonds. The number of allylic oxidation sites excluding steroid dienone is 4. The van der Waals surface area contributed by atoms with Crippen molar-refractivity contribution in [3.05, 3.63) is 257 Å². The van der Waals surface area contributed by atoms with Crippen molar-refractivity contribution in [2.75, 3.05) is 0 Å². The molecule has 9 aromatic rings. The Labute approximate surface area is 332 Å². The number of nitrogens with zero attached hydrogens (tertiary/aromatic N) is 1. The van der Waals surface area contributed by atoms with Crippen LogP contribution in [0.25, 0.3) is 49.7 Å². The van der Waals surface area contributed by atoms with Gasteiger partial charge >= 0.3 is 0 Å². The topological polar surface area (TPSA) is 4.93 Å². The van der Waals surface area contributed by atoms with Crippen LogP contribution in [0.4, 0.5) is 0 Å². The van der Waals surface area contributed by atoms with Crippen molar-refractivity contribution < 1.29 is 0 Å². The Hall–Kier alpha value is -6.96. The van der Waals surface area contributed by atoms with Gasteiger partial charge in [-0.1, -0.05) is 188 Å². The molecule has 0 bridgehead atoms. The van der Waals surface area contributed by atoms with E-state index in [1.54, 1.807) is 0 Å². The SMILES string of the molecule is C1=CC2c3ccccc3C3(c4ccccc4C4(c5ccccc5-c5ccccc54)c4cccc(-c5ccc6c7ccccc7n(-c7ccccc7)c6c5)c43)C2C=C1. The maximum absolute atomic E-state index is 2.52. The zero-order valence-electron chi connectivity index (χ0n) is 31.3. The fourth-order valence-corrected chi connectivity index (χ4v) is 12.0. The zero-order chi connectivity index (χ0) is 37.3. The summed E-state index contributed by atoms with van der Waals surface area (Å²) >= 11 is 0. The molecule has 0 saturated carbocycles. The number of para-hydroxylation sites is 2. The molecule has 1 aromatic heterocycles. The first-order valence-corrected chi connectivity index (χ1v) is 20.3. The van der Waals surface area contributed by atoms with Gasteiger partial charge in [0.05, 0.1) is 21.9 Å². The van der Waals surface area contributed by atoms with Gasteiger partial charge in [0.25, 0.3) is 0 Å². The molecule has 13 rings (SSSR count). The second kappa shape index (κ2) is 11.3. The Kier molecular flexibility index (Phi) is 6.20. The van der Waals surface area contributed by atoms with Crippen LogP contribution in [0.15, 0.2) is 212 Å². The molecule has 4 aliphatic carbocycles. The van der Waals surface area contributed by atoms with E-state index in [2.05, 4.69) is 217 Å². The van der Waals surface area contributed by atoms with Gasteiger partial charge in [0.2, 0.25) is 0 Å². The fraction of sp³-hybridized carbons (Fsp3) is 0.0714. The van der Waals surface area contributed by atoms with Crippen molar-refractivity contribution in [3.8, 4) is 27.9 Å². The molecule has 3 unspecified atom stereocenters. The number of aromatic nitrogens is 1. The lowest BCUT2D eigenvalue weighted by atomic mass is 9.50. The highest BCUT2D eigenvalue weighted by Gasteiger charge is 2.62. The quantitative estimate of drug-likeness (QED) is 0.167. The molecule has 2 spiro atoms. The molecule has 1 heterocycles. The first-order chi connectivity index (χ1) is 28.3. The van der Waals surface area contributed by atoms with Gasteiger partial charge in [-0.2, -0.15) is 0 Å². The summed E-state index contributed by atoms with van der Waals surface area (Å²) in [6.45, 7) is 0. The van der Waals surface area contributed by atoms with Gasteiger partial charge in [-0.05, 0) is 91.0 Å². The predicted molar refractivity (Wildman–Crippen MR) is 234 cm³/mol. The Morgan fingerprint density at radius 1 is 0.404 bits per heavy atom. The van der Waals surface area contributed by atoms with Crippen LogP contribution >= 0.6 is 0 Å². The lowest BCUT2D eigenvalue weighted by Gasteiger charge is -2.51. The molecular weight excluding hydrogens is 687 g/mol. The largest absolute Gasteiger partial charge is 0.309 e. The van der Waals surface area contributed by atoms with Gasteiger partial charge in [0.15, 0.2) is 0 Å². The Morgan fingerprint density at radius 3 is 1.81 bits per heavy atom. The molecule has 0 saturated heterocycles. The number of hydrogen-bond donors (Lipinski definition) is 0. The van der Waals surface area contributed by atoms with Crippen LogP contribution in [0.5, 0.6) is 0 Å². The average Bonchev–Trinajstić information content (AvgIpc) is 3.89. The van der Waals surface area contributed by atoms with Crippen molar-refractivity contribution in [1.82, 2.24) is 4.57 Å². The van der Waals surface area contributed by atoms with Gasteiger partial charge in [-0.25, -0.2) is 0 Å². The standard InChI is InChI=1S/C56H37N/c1-2-17-37(18-3-1)57-52-32-15-8-23-43(52)44-34-33-36(35-53(44)57)38-24-16-31-51-54(38)56(47-27-11-6-21-41(47)42-22-7-12-28-48(42)56)50-30-14-13-29-49(50)55(51)45-25-9-4-19-39(45)40-20-5-10-26-46(40)55/h1-35,41,47H. The first-order valence-electron chi connectivity index (χ1n) is 20.3. The molecule has 4 aliphatic rings. The van der Waals surface area contributed by atoms with E-state index in [9.17, 15) is 0 Å². The van der Waals surface area contributed by atoms with Crippen molar-refractivity contribution in [2.24, 2.45) is 5.92 Å². The summed E-state index contributed by atoms with van der Waals surface area (Å²) in [6, 6.07) is 71.4. The molecule has 57 heavy (non-hydrogen) atoms. The smallest absolute Gasteiger partial charge is 0.0719 e. The van der Waals surface area contributed by atoms with Crippen LogP contribution in [-0.4, -0.2) is 4.57 Å². The monoisotopic (exact) mass is 723 g/mol. The Morgan fingerprint density at radius 2 is 1.00 bits per heavy atom. The maximum atomic E-state index is 2.52. The number of hydrogen-bond acceptors (Lipinski definition) is 0. The molecular formula is C56H37N. The second-order valence-corrected chi connectivity index (χ2v) is 16.3. The van der Waals surface area contributed by atoms with E-state index in [0.717, 1.165) is 0 Å². The zero-order valence-corrected chi connectivity index (χ0v) is 31.3. The average molecular weight is 724 g/mol. The van der Waals surface area contributed by atoms with E-state index >= 15 is 0 Å². The van der Waals surface area contributed by atoms with Crippen molar-refractivity contribution in [1.29, 1.82) is 0 Å². The van der Waals surface area contributed by atoms with Crippen LogP contribution in [0.1, 0.15) is 50.4 Å². The van der Waals surface area contributed by atoms with E-state index in [-0.39, 0.29) is 11.8 Å². The number of benzene rings is 8. The van der Waals surface area contributed by atoms with Gasteiger partial charge in [0.1, 0.15) is 0 Å². The minimum Gasteiger partial charge on any atom is -0.309 e. The molecule has 0 fully saturated rings. The van der Waals surface area contributed by atoms with E-state index < -0.39 is 10.8 Å². The highest BCUT2D eigenvalue weighted by Crippen LogP contribution is 2.69. The summed E-state index contributed by atoms with van der Waals surface area (Å²) in [7, 11) is 0. The van der Waals surface area contributed by atoms with Gasteiger partial charge in [-0.3, -0.25) is 0 Å². The van der Waals surface area contributed by atoms with E-state index in [0.29, 0.717) is 0 Å². The van der Waals surface area contributed by atoms with Crippen LogP contribution in [0.2, 0.25) is 0 Å². The van der Waals surface area contributed by atoms with Gasteiger partial charge in [0, 0.05) is 28.3 Å². The predicted octanol–water partition coefficient (Wildman–Crippen LogP) is 13.3. The van der Waals surface area contributed by atoms with Gasteiger partial charge in [-0.15, -0.1) is 0 Å². The maximum Gasteiger partial charge on any atom is 0.0719 e. The molecule has 266 valence electrons. The molecule has 8 aromatic carbocycles. The highest BCUT2D eigenvalue weighted by atomic mass is 15.0. The van der Waals surface area contributed by atoms with Crippen LogP contribution in [-0.2, 0) is 10.8 Å². The Balaban J connectivity index is 1.22. The normalized spacial score (nSPS) is 20.0. The van der Waals surface area contributed by atoms with Crippen LogP contribution in [0.3, 0.4) is 0 Å². The van der Waals surface area contributed by atoms with Crippen LogP contribution < -0.4 is 0 Å². The third kappa shape index (κ3) is 3.75.